The van der Waals surface area contributed by atoms with Crippen LogP contribution >= 0.6 is 7.82 Å². The number of hydrogen-bond acceptors (Lipinski definition) is 8. The highest BCUT2D eigenvalue weighted by Crippen LogP contribution is 2.43. The lowest BCUT2D eigenvalue weighted by molar-refractivity contribution is -0.870. The van der Waals surface area contributed by atoms with Crippen molar-refractivity contribution in [2.45, 2.75) is 186 Å². The molecule has 53 heavy (non-hydrogen) atoms. The number of likely N-dealkylation sites (N-methyl/N-ethyl adjacent to an activating group) is 1. The van der Waals surface area contributed by atoms with Gasteiger partial charge in [0.15, 0.2) is 6.10 Å². The van der Waals surface area contributed by atoms with Gasteiger partial charge in [-0.2, -0.15) is 0 Å². The molecule has 0 saturated carbocycles. The minimum absolute atomic E-state index is 0.0257. The zero-order valence-electron chi connectivity index (χ0n) is 34.4. The summed E-state index contributed by atoms with van der Waals surface area (Å²) in [5.41, 5.74) is 0. The van der Waals surface area contributed by atoms with E-state index in [-0.39, 0.29) is 32.0 Å². The minimum Gasteiger partial charge on any atom is -0.462 e. The molecule has 0 aromatic rings. The molecule has 10 nitrogen and oxygen atoms in total. The first-order valence-electron chi connectivity index (χ1n) is 21.2. The summed E-state index contributed by atoms with van der Waals surface area (Å²) in [6.07, 6.45) is 33.9. The van der Waals surface area contributed by atoms with Gasteiger partial charge in [-0.25, -0.2) is 4.57 Å². The molecular formula is C42H79NO9P+. The normalized spacial score (nSPS) is 17.7. The molecule has 0 bridgehead atoms. The van der Waals surface area contributed by atoms with Gasteiger partial charge in [0, 0.05) is 12.8 Å². The first kappa shape index (κ1) is 49.5. The molecule has 0 aromatic carbocycles. The summed E-state index contributed by atoms with van der Waals surface area (Å²) in [6, 6.07) is 0. The molecule has 0 aliphatic carbocycles. The van der Waals surface area contributed by atoms with E-state index in [9.17, 15) is 19.0 Å². The molecule has 4 atom stereocenters. The molecule has 1 saturated heterocycles. The highest BCUT2D eigenvalue weighted by molar-refractivity contribution is 7.47. The van der Waals surface area contributed by atoms with Crippen LogP contribution in [0.5, 0.6) is 0 Å². The van der Waals surface area contributed by atoms with E-state index in [0.29, 0.717) is 29.7 Å². The molecule has 11 heteroatoms. The Morgan fingerprint density at radius 3 is 1.81 bits per heavy atom. The van der Waals surface area contributed by atoms with Crippen LogP contribution in [-0.2, 0) is 37.4 Å². The van der Waals surface area contributed by atoms with Gasteiger partial charge in [0.2, 0.25) is 0 Å². The fourth-order valence-corrected chi connectivity index (χ4v) is 6.64. The maximum absolute atomic E-state index is 12.7. The lowest BCUT2D eigenvalue weighted by atomic mass is 10.1. The lowest BCUT2D eigenvalue weighted by Crippen LogP contribution is -2.37. The number of unbranched alkanes of at least 4 members (excludes halogenated alkanes) is 16. The number of nitrogens with zero attached hydrogens (tertiary/aromatic N) is 1. The van der Waals surface area contributed by atoms with Gasteiger partial charge in [-0.3, -0.25) is 18.6 Å². The van der Waals surface area contributed by atoms with E-state index < -0.39 is 26.5 Å². The third-order valence-corrected chi connectivity index (χ3v) is 10.4. The molecule has 1 aliphatic rings. The van der Waals surface area contributed by atoms with Crippen LogP contribution in [0.4, 0.5) is 0 Å². The van der Waals surface area contributed by atoms with Crippen molar-refractivity contribution in [1.82, 2.24) is 0 Å². The van der Waals surface area contributed by atoms with Gasteiger partial charge in [0.05, 0.1) is 40.0 Å². The summed E-state index contributed by atoms with van der Waals surface area (Å²) in [7, 11) is 1.45. The van der Waals surface area contributed by atoms with Crippen LogP contribution in [-0.4, -0.2) is 87.1 Å². The average Bonchev–Trinajstić information content (AvgIpc) is 3.86. The Hall–Kier alpha value is -1.55. The molecule has 1 fully saturated rings. The number of allylic oxidation sites excluding steroid dienone is 3. The average molecular weight is 773 g/mol. The summed E-state index contributed by atoms with van der Waals surface area (Å²) in [4.78, 5) is 35.3. The van der Waals surface area contributed by atoms with Crippen LogP contribution in [0.15, 0.2) is 24.3 Å². The molecule has 0 spiro atoms. The number of rotatable bonds is 37. The van der Waals surface area contributed by atoms with E-state index >= 15 is 0 Å². The third-order valence-electron chi connectivity index (χ3n) is 9.38. The van der Waals surface area contributed by atoms with Crippen LogP contribution < -0.4 is 0 Å². The number of quaternary nitrogens is 1. The van der Waals surface area contributed by atoms with E-state index in [1.807, 2.05) is 21.1 Å². The minimum atomic E-state index is -4.38. The SMILES string of the molecule is CCCCCC/C=C\CCCCCCCC(=O)OC[C@H](COP(=O)(O)OCC[N+](C)(C)C)OC(=O)CCCCCCC/C=C\CC1OC1CCCCC. The fourth-order valence-electron chi connectivity index (χ4n) is 5.90. The largest absolute Gasteiger partial charge is 0.472 e. The number of hydrogen-bond donors (Lipinski definition) is 1. The standard InChI is InChI=1S/C42H78NO9P/c1-6-8-10-11-12-13-14-15-16-17-21-24-28-32-41(44)48-36-38(37-50-53(46,47)49-35-34-43(3,4)5)51-42(45)33-29-25-22-19-18-20-23-27-31-40-39(52-40)30-26-9-7-2/h13-14,23,27,38-40H,6-12,15-22,24-26,28-37H2,1-5H3/p+1/b14-13-,27-23-/t38-,39?,40?/m1/s1. The van der Waals surface area contributed by atoms with E-state index in [2.05, 4.69) is 38.2 Å². The summed E-state index contributed by atoms with van der Waals surface area (Å²) in [6.45, 7) is 4.34. The molecule has 1 aliphatic heterocycles. The summed E-state index contributed by atoms with van der Waals surface area (Å²) >= 11 is 0. The number of carbonyl (C=O) groups is 2. The summed E-state index contributed by atoms with van der Waals surface area (Å²) in [5, 5.41) is 0. The van der Waals surface area contributed by atoms with Gasteiger partial charge < -0.3 is 23.6 Å². The van der Waals surface area contributed by atoms with Crippen LogP contribution in [0.25, 0.3) is 0 Å². The highest BCUT2D eigenvalue weighted by Gasteiger charge is 2.36. The van der Waals surface area contributed by atoms with Crippen molar-refractivity contribution in [2.24, 2.45) is 0 Å². The molecule has 310 valence electrons. The van der Waals surface area contributed by atoms with Gasteiger partial charge in [0.25, 0.3) is 0 Å². The number of esters is 2. The molecule has 1 rings (SSSR count). The monoisotopic (exact) mass is 773 g/mol. The number of epoxide rings is 1. The van der Waals surface area contributed by atoms with Crippen LogP contribution in [0.1, 0.15) is 168 Å². The Labute approximate surface area is 324 Å². The number of phosphoric ester groups is 1. The second-order valence-corrected chi connectivity index (χ2v) is 17.2. The van der Waals surface area contributed by atoms with Crippen LogP contribution in [0, 0.1) is 0 Å². The van der Waals surface area contributed by atoms with Crippen molar-refractivity contribution in [3.05, 3.63) is 24.3 Å². The number of ether oxygens (including phenoxy) is 3. The number of phosphoric acid groups is 1. The molecule has 1 N–H and O–H groups in total. The molecule has 0 radical (unpaired) electrons. The first-order chi connectivity index (χ1) is 25.5. The van der Waals surface area contributed by atoms with E-state index in [4.69, 9.17) is 23.3 Å². The van der Waals surface area contributed by atoms with Gasteiger partial charge in [0.1, 0.15) is 19.8 Å². The van der Waals surface area contributed by atoms with E-state index in [0.717, 1.165) is 77.0 Å². The molecule has 0 amide bonds. The fraction of sp³-hybridized carbons (Fsp3) is 0.857. The van der Waals surface area contributed by atoms with Crippen molar-refractivity contribution < 1.29 is 46.8 Å². The topological polar surface area (TPSA) is 121 Å². The van der Waals surface area contributed by atoms with E-state index in [1.54, 1.807) is 0 Å². The van der Waals surface area contributed by atoms with Crippen molar-refractivity contribution in [3.8, 4) is 0 Å². The highest BCUT2D eigenvalue weighted by atomic mass is 31.2. The quantitative estimate of drug-likeness (QED) is 0.0164. The second kappa shape index (κ2) is 31.6. The first-order valence-corrected chi connectivity index (χ1v) is 22.7. The molecule has 0 aromatic heterocycles. The zero-order valence-corrected chi connectivity index (χ0v) is 35.3. The predicted octanol–water partition coefficient (Wildman–Crippen LogP) is 10.6. The maximum Gasteiger partial charge on any atom is 0.472 e. The lowest BCUT2D eigenvalue weighted by Gasteiger charge is -2.24. The van der Waals surface area contributed by atoms with Gasteiger partial charge in [-0.15, -0.1) is 0 Å². The summed E-state index contributed by atoms with van der Waals surface area (Å²) in [5.74, 6) is -0.830. The second-order valence-electron chi connectivity index (χ2n) is 15.8. The Bertz CT molecular complexity index is 1030. The van der Waals surface area contributed by atoms with Crippen LogP contribution in [0.3, 0.4) is 0 Å². The molecule has 3 unspecified atom stereocenters. The Morgan fingerprint density at radius 1 is 0.679 bits per heavy atom. The molecule has 1 heterocycles. The van der Waals surface area contributed by atoms with Crippen molar-refractivity contribution in [2.75, 3.05) is 47.5 Å². The third kappa shape index (κ3) is 32.4. The van der Waals surface area contributed by atoms with Gasteiger partial charge in [-0.05, 0) is 64.2 Å². The Balaban J connectivity index is 2.30. The van der Waals surface area contributed by atoms with E-state index in [1.165, 1.54) is 57.8 Å². The molecular weight excluding hydrogens is 693 g/mol. The smallest absolute Gasteiger partial charge is 0.462 e. The zero-order chi connectivity index (χ0) is 39.0. The van der Waals surface area contributed by atoms with Gasteiger partial charge in [-0.1, -0.05) is 115 Å². The number of carbonyl (C=O) groups excluding carboxylic acids is 2. The summed E-state index contributed by atoms with van der Waals surface area (Å²) < 4.78 is 40.0. The maximum atomic E-state index is 12.7. The van der Waals surface area contributed by atoms with Crippen LogP contribution in [0.2, 0.25) is 0 Å². The van der Waals surface area contributed by atoms with Crippen molar-refractivity contribution in [3.63, 3.8) is 0 Å². The predicted molar refractivity (Wildman–Crippen MR) is 215 cm³/mol. The Morgan fingerprint density at radius 2 is 1.21 bits per heavy atom. The Kier molecular flexibility index (Phi) is 29.5. The van der Waals surface area contributed by atoms with Crippen molar-refractivity contribution >= 4 is 19.8 Å². The van der Waals surface area contributed by atoms with Crippen molar-refractivity contribution in [1.29, 1.82) is 0 Å². The van der Waals surface area contributed by atoms with Gasteiger partial charge >= 0.3 is 19.8 Å².